The number of rotatable bonds is 4. The van der Waals surface area contributed by atoms with Gasteiger partial charge < -0.3 is 4.74 Å². The first-order chi connectivity index (χ1) is 9.52. The molecule has 0 spiro atoms. The van der Waals surface area contributed by atoms with E-state index in [1.54, 1.807) is 6.92 Å². The van der Waals surface area contributed by atoms with Gasteiger partial charge in [-0.3, -0.25) is 10.1 Å². The molecule has 0 amide bonds. The van der Waals surface area contributed by atoms with Crippen LogP contribution in [0.2, 0.25) is 0 Å². The average Bonchev–Trinajstić information content (AvgIpc) is 2.88. The number of carbonyl (C=O) groups excluding carboxylic acids is 1. The van der Waals surface area contributed by atoms with Crippen LogP contribution in [0.15, 0.2) is 29.1 Å². The molecule has 0 aromatic carbocycles. The van der Waals surface area contributed by atoms with E-state index in [0.717, 1.165) is 4.68 Å². The number of nitro groups is 1. The maximum absolute atomic E-state index is 11.5. The van der Waals surface area contributed by atoms with Gasteiger partial charge in [-0.1, -0.05) is 0 Å². The fourth-order valence-electron chi connectivity index (χ4n) is 1.49. The maximum Gasteiger partial charge on any atom is 0.341 e. The van der Waals surface area contributed by atoms with Gasteiger partial charge in [-0.25, -0.2) is 14.5 Å². The van der Waals surface area contributed by atoms with Crippen molar-refractivity contribution in [3.8, 4) is 5.82 Å². The first-order valence-corrected chi connectivity index (χ1v) is 6.34. The molecule has 0 atom stereocenters. The highest BCUT2D eigenvalue weighted by Gasteiger charge is 2.20. The highest BCUT2D eigenvalue weighted by Crippen LogP contribution is 2.24. The first kappa shape index (κ1) is 14.1. The number of aromatic nitrogens is 3. The number of hydrogen-bond donors (Lipinski definition) is 0. The van der Waals surface area contributed by atoms with E-state index in [0.29, 0.717) is 4.47 Å². The Morgan fingerprint density at radius 2 is 2.30 bits per heavy atom. The van der Waals surface area contributed by atoms with Crippen molar-refractivity contribution in [3.63, 3.8) is 0 Å². The van der Waals surface area contributed by atoms with Gasteiger partial charge in [0.2, 0.25) is 5.82 Å². The second-order valence-corrected chi connectivity index (χ2v) is 4.56. The Bertz CT molecular complexity index is 670. The summed E-state index contributed by atoms with van der Waals surface area (Å²) in [4.78, 5) is 25.9. The Labute approximate surface area is 121 Å². The molecule has 9 heteroatoms. The molecule has 0 aliphatic rings. The minimum atomic E-state index is -0.571. The molecule has 20 heavy (non-hydrogen) atoms. The van der Waals surface area contributed by atoms with E-state index in [2.05, 4.69) is 26.0 Å². The molecule has 0 saturated carbocycles. The van der Waals surface area contributed by atoms with Crippen LogP contribution in [0.5, 0.6) is 0 Å². The molecule has 0 aliphatic carbocycles. The van der Waals surface area contributed by atoms with Crippen LogP contribution in [0, 0.1) is 10.1 Å². The molecule has 0 saturated heterocycles. The summed E-state index contributed by atoms with van der Waals surface area (Å²) in [6.07, 6.45) is 4.01. The SMILES string of the molecule is CCOC(=O)c1cnn(-c2ncc(Br)cc2[N+](=O)[O-])c1. The summed E-state index contributed by atoms with van der Waals surface area (Å²) in [5, 5.41) is 14.9. The third kappa shape index (κ3) is 2.82. The quantitative estimate of drug-likeness (QED) is 0.480. The van der Waals surface area contributed by atoms with Crippen LogP contribution in [-0.2, 0) is 4.74 Å². The second-order valence-electron chi connectivity index (χ2n) is 3.65. The highest BCUT2D eigenvalue weighted by atomic mass is 79.9. The zero-order valence-corrected chi connectivity index (χ0v) is 11.9. The van der Waals surface area contributed by atoms with Crippen molar-refractivity contribution in [1.29, 1.82) is 0 Å². The number of pyridine rings is 1. The summed E-state index contributed by atoms with van der Waals surface area (Å²) in [7, 11) is 0. The standard InChI is InChI=1S/C11H9BrN4O4/c1-2-20-11(17)7-4-14-15(6-7)10-9(16(18)19)3-8(12)5-13-10/h3-6H,2H2,1H3. The molecule has 2 rings (SSSR count). The lowest BCUT2D eigenvalue weighted by molar-refractivity contribution is -0.385. The topological polar surface area (TPSA) is 100 Å². The van der Waals surface area contributed by atoms with Crippen molar-refractivity contribution >= 4 is 27.6 Å². The summed E-state index contributed by atoms with van der Waals surface area (Å²) < 4.78 is 6.46. The summed E-state index contributed by atoms with van der Waals surface area (Å²) in [6.45, 7) is 1.92. The smallest absolute Gasteiger partial charge is 0.341 e. The molecule has 2 heterocycles. The van der Waals surface area contributed by atoms with Crippen LogP contribution in [-0.4, -0.2) is 32.3 Å². The molecule has 0 N–H and O–H groups in total. The monoisotopic (exact) mass is 340 g/mol. The molecule has 0 aliphatic heterocycles. The fourth-order valence-corrected chi connectivity index (χ4v) is 1.81. The first-order valence-electron chi connectivity index (χ1n) is 5.55. The predicted molar refractivity (Wildman–Crippen MR) is 71.7 cm³/mol. The highest BCUT2D eigenvalue weighted by molar-refractivity contribution is 9.10. The molecule has 0 radical (unpaired) electrons. The Kier molecular flexibility index (Phi) is 4.08. The van der Waals surface area contributed by atoms with Gasteiger partial charge in [0, 0.05) is 22.9 Å². The summed E-state index contributed by atoms with van der Waals surface area (Å²) in [5.74, 6) is -0.521. The summed E-state index contributed by atoms with van der Waals surface area (Å²) in [5.41, 5.74) is -0.0243. The molecule has 104 valence electrons. The molecule has 0 unspecified atom stereocenters. The average molecular weight is 341 g/mol. The van der Waals surface area contributed by atoms with E-state index in [1.165, 1.54) is 24.7 Å². The zero-order chi connectivity index (χ0) is 14.7. The van der Waals surface area contributed by atoms with Crippen LogP contribution in [0.25, 0.3) is 5.82 Å². The molecule has 8 nitrogen and oxygen atoms in total. The summed E-state index contributed by atoms with van der Waals surface area (Å²) >= 11 is 3.12. The number of carbonyl (C=O) groups is 1. The molecular weight excluding hydrogens is 332 g/mol. The molecule has 0 bridgehead atoms. The van der Waals surface area contributed by atoms with Gasteiger partial charge in [-0.15, -0.1) is 0 Å². The maximum atomic E-state index is 11.5. The van der Waals surface area contributed by atoms with Crippen molar-refractivity contribution in [2.45, 2.75) is 6.92 Å². The van der Waals surface area contributed by atoms with Gasteiger partial charge in [0.1, 0.15) is 0 Å². The Morgan fingerprint density at radius 3 is 2.95 bits per heavy atom. The van der Waals surface area contributed by atoms with Gasteiger partial charge in [0.05, 0.1) is 23.3 Å². The normalized spacial score (nSPS) is 10.3. The van der Waals surface area contributed by atoms with Crippen LogP contribution >= 0.6 is 15.9 Å². The van der Waals surface area contributed by atoms with Crippen molar-refractivity contribution in [2.24, 2.45) is 0 Å². The van der Waals surface area contributed by atoms with Crippen LogP contribution in [0.1, 0.15) is 17.3 Å². The number of nitrogens with zero attached hydrogens (tertiary/aromatic N) is 4. The number of ether oxygens (including phenoxy) is 1. The molecule has 2 aromatic rings. The lowest BCUT2D eigenvalue weighted by atomic mass is 10.3. The van der Waals surface area contributed by atoms with Crippen molar-refractivity contribution in [1.82, 2.24) is 14.8 Å². The van der Waals surface area contributed by atoms with E-state index in [4.69, 9.17) is 4.74 Å². The minimum Gasteiger partial charge on any atom is -0.462 e. The van der Waals surface area contributed by atoms with E-state index < -0.39 is 10.9 Å². The van der Waals surface area contributed by atoms with Gasteiger partial charge in [-0.05, 0) is 22.9 Å². The number of hydrogen-bond acceptors (Lipinski definition) is 6. The van der Waals surface area contributed by atoms with Crippen LogP contribution < -0.4 is 0 Å². The fraction of sp³-hybridized carbons (Fsp3) is 0.182. The van der Waals surface area contributed by atoms with Gasteiger partial charge in [-0.2, -0.15) is 5.10 Å². The minimum absolute atomic E-state index is 0.0220. The van der Waals surface area contributed by atoms with E-state index >= 15 is 0 Å². The van der Waals surface area contributed by atoms with Gasteiger partial charge in [0.25, 0.3) is 0 Å². The van der Waals surface area contributed by atoms with Crippen molar-refractivity contribution in [2.75, 3.05) is 6.61 Å². The number of esters is 1. The Balaban J connectivity index is 2.42. The third-order valence-electron chi connectivity index (χ3n) is 2.32. The van der Waals surface area contributed by atoms with Crippen molar-refractivity contribution < 1.29 is 14.5 Å². The molecular formula is C11H9BrN4O4. The Morgan fingerprint density at radius 1 is 1.55 bits per heavy atom. The lowest BCUT2D eigenvalue weighted by Gasteiger charge is -2.02. The van der Waals surface area contributed by atoms with E-state index in [9.17, 15) is 14.9 Å². The molecule has 2 aromatic heterocycles. The predicted octanol–water partition coefficient (Wildman–Crippen LogP) is 2.11. The van der Waals surface area contributed by atoms with Gasteiger partial charge in [0.15, 0.2) is 0 Å². The zero-order valence-electron chi connectivity index (χ0n) is 10.3. The van der Waals surface area contributed by atoms with E-state index in [1.807, 2.05) is 0 Å². The lowest BCUT2D eigenvalue weighted by Crippen LogP contribution is -2.05. The van der Waals surface area contributed by atoms with E-state index in [-0.39, 0.29) is 23.7 Å². The Hall–Kier alpha value is -2.29. The second kappa shape index (κ2) is 5.78. The van der Waals surface area contributed by atoms with Gasteiger partial charge >= 0.3 is 11.7 Å². The summed E-state index contributed by atoms with van der Waals surface area (Å²) in [6, 6.07) is 1.31. The number of halogens is 1. The molecule has 0 fully saturated rings. The largest absolute Gasteiger partial charge is 0.462 e. The van der Waals surface area contributed by atoms with Crippen LogP contribution in [0.3, 0.4) is 0 Å². The van der Waals surface area contributed by atoms with Crippen LogP contribution in [0.4, 0.5) is 5.69 Å². The third-order valence-corrected chi connectivity index (χ3v) is 2.75. The van der Waals surface area contributed by atoms with Crippen molar-refractivity contribution in [3.05, 3.63) is 44.8 Å².